The Bertz CT molecular complexity index is 813. The van der Waals surface area contributed by atoms with Crippen molar-refractivity contribution in [1.29, 1.82) is 0 Å². The first kappa shape index (κ1) is 21.5. The van der Waals surface area contributed by atoms with E-state index in [1.54, 1.807) is 26.0 Å². The van der Waals surface area contributed by atoms with Gasteiger partial charge in [-0.2, -0.15) is 13.2 Å². The molecular weight excluding hydrogens is 369 g/mol. The summed E-state index contributed by atoms with van der Waals surface area (Å²) in [5.74, 6) is -1.09. The summed E-state index contributed by atoms with van der Waals surface area (Å²) in [6.45, 7) is 5.56. The summed E-state index contributed by atoms with van der Waals surface area (Å²) in [6, 6.07) is 10.4. The lowest BCUT2D eigenvalue weighted by atomic mass is 10.0. The fourth-order valence-electron chi connectivity index (χ4n) is 2.61. The molecule has 0 aliphatic rings. The minimum atomic E-state index is -4.44. The smallest absolute Gasteiger partial charge is 0.340 e. The van der Waals surface area contributed by atoms with E-state index in [9.17, 15) is 22.8 Å². The molecule has 0 aliphatic carbocycles. The second kappa shape index (κ2) is 8.91. The summed E-state index contributed by atoms with van der Waals surface area (Å²) in [6.07, 6.45) is -3.59. The number of nitrogens with one attached hydrogen (secondary N) is 2. The minimum absolute atomic E-state index is 0.215. The van der Waals surface area contributed by atoms with Crippen LogP contribution in [0.1, 0.15) is 42.3 Å². The Morgan fingerprint density at radius 1 is 0.964 bits per heavy atom. The fraction of sp³-hybridized carbons (Fsp3) is 0.333. The lowest BCUT2D eigenvalue weighted by Crippen LogP contribution is -2.47. The molecule has 2 aromatic rings. The third-order valence-corrected chi connectivity index (χ3v) is 4.34. The Kier molecular flexibility index (Phi) is 6.83. The lowest BCUT2D eigenvalue weighted by Gasteiger charge is -2.22. The van der Waals surface area contributed by atoms with E-state index in [1.807, 2.05) is 19.1 Å². The van der Waals surface area contributed by atoms with E-state index in [0.29, 0.717) is 5.56 Å². The van der Waals surface area contributed by atoms with Gasteiger partial charge in [0.15, 0.2) is 0 Å². The van der Waals surface area contributed by atoms with Crippen molar-refractivity contribution in [1.82, 2.24) is 5.32 Å². The van der Waals surface area contributed by atoms with E-state index in [0.717, 1.165) is 24.1 Å². The van der Waals surface area contributed by atoms with Crippen LogP contribution in [0.5, 0.6) is 0 Å². The number of rotatable bonds is 6. The van der Waals surface area contributed by atoms with Crippen LogP contribution in [0.25, 0.3) is 0 Å². The average Bonchev–Trinajstić information content (AvgIpc) is 2.65. The van der Waals surface area contributed by atoms with Gasteiger partial charge in [0, 0.05) is 11.3 Å². The van der Waals surface area contributed by atoms with Crippen LogP contribution in [0, 0.1) is 5.92 Å². The van der Waals surface area contributed by atoms with Gasteiger partial charge >= 0.3 is 6.18 Å². The molecule has 2 amide bonds. The average molecular weight is 392 g/mol. The maximum atomic E-state index is 12.6. The Labute approximate surface area is 162 Å². The van der Waals surface area contributed by atoms with Crippen molar-refractivity contribution >= 4 is 17.5 Å². The molecule has 0 spiro atoms. The van der Waals surface area contributed by atoms with Crippen LogP contribution >= 0.6 is 0 Å². The normalized spacial score (nSPS) is 12.5. The number of aryl methyl sites for hydroxylation is 1. The van der Waals surface area contributed by atoms with Crippen LogP contribution in [0.4, 0.5) is 18.9 Å². The molecule has 0 aromatic heterocycles. The van der Waals surface area contributed by atoms with Gasteiger partial charge in [-0.3, -0.25) is 9.59 Å². The Balaban J connectivity index is 2.07. The molecule has 0 aliphatic heterocycles. The summed E-state index contributed by atoms with van der Waals surface area (Å²) in [5.41, 5.74) is 0.960. The molecular formula is C21H23F3N2O2. The highest BCUT2D eigenvalue weighted by atomic mass is 19.4. The summed E-state index contributed by atoms with van der Waals surface area (Å²) in [5, 5.41) is 5.25. The zero-order valence-electron chi connectivity index (χ0n) is 15.9. The maximum Gasteiger partial charge on any atom is 0.416 e. The van der Waals surface area contributed by atoms with Crippen molar-refractivity contribution in [2.45, 2.75) is 39.4 Å². The molecule has 28 heavy (non-hydrogen) atoms. The van der Waals surface area contributed by atoms with E-state index >= 15 is 0 Å². The number of hydrogen-bond acceptors (Lipinski definition) is 2. The molecule has 0 bridgehead atoms. The number of alkyl halides is 3. The Morgan fingerprint density at radius 2 is 1.54 bits per heavy atom. The van der Waals surface area contributed by atoms with Crippen LogP contribution in [-0.4, -0.2) is 17.9 Å². The highest BCUT2D eigenvalue weighted by Crippen LogP contribution is 2.29. The van der Waals surface area contributed by atoms with E-state index in [1.165, 1.54) is 12.1 Å². The van der Waals surface area contributed by atoms with Crippen molar-refractivity contribution in [2.75, 3.05) is 5.32 Å². The van der Waals surface area contributed by atoms with E-state index in [4.69, 9.17) is 0 Å². The Hall–Kier alpha value is -2.83. The topological polar surface area (TPSA) is 58.2 Å². The summed E-state index contributed by atoms with van der Waals surface area (Å²) in [7, 11) is 0. The zero-order valence-corrected chi connectivity index (χ0v) is 15.9. The van der Waals surface area contributed by atoms with Gasteiger partial charge in [0.2, 0.25) is 5.91 Å². The monoisotopic (exact) mass is 392 g/mol. The van der Waals surface area contributed by atoms with Gasteiger partial charge in [0.25, 0.3) is 5.91 Å². The van der Waals surface area contributed by atoms with Gasteiger partial charge in [-0.05, 0) is 54.3 Å². The molecule has 0 saturated carbocycles. The van der Waals surface area contributed by atoms with E-state index in [-0.39, 0.29) is 17.5 Å². The summed E-state index contributed by atoms with van der Waals surface area (Å²) in [4.78, 5) is 25.0. The van der Waals surface area contributed by atoms with Gasteiger partial charge in [-0.15, -0.1) is 0 Å². The van der Waals surface area contributed by atoms with Crippen molar-refractivity contribution in [3.8, 4) is 0 Å². The third-order valence-electron chi connectivity index (χ3n) is 4.34. The van der Waals surface area contributed by atoms with Gasteiger partial charge in [-0.1, -0.05) is 32.9 Å². The molecule has 0 fully saturated rings. The molecule has 0 unspecified atom stereocenters. The molecule has 0 saturated heterocycles. The van der Waals surface area contributed by atoms with Crippen LogP contribution < -0.4 is 10.6 Å². The van der Waals surface area contributed by atoms with Crippen LogP contribution in [0.2, 0.25) is 0 Å². The highest BCUT2D eigenvalue weighted by molar-refractivity contribution is 6.01. The third kappa shape index (κ3) is 5.58. The van der Waals surface area contributed by atoms with Crippen molar-refractivity contribution in [3.63, 3.8) is 0 Å². The quantitative estimate of drug-likeness (QED) is 0.751. The molecule has 2 rings (SSSR count). The molecule has 2 aromatic carbocycles. The van der Waals surface area contributed by atoms with E-state index in [2.05, 4.69) is 10.6 Å². The van der Waals surface area contributed by atoms with Gasteiger partial charge in [0.1, 0.15) is 6.04 Å². The summed E-state index contributed by atoms with van der Waals surface area (Å²) < 4.78 is 37.9. The predicted octanol–water partition coefficient (Wildman–Crippen LogP) is 4.66. The number of amides is 2. The molecule has 2 N–H and O–H groups in total. The molecule has 0 heterocycles. The highest BCUT2D eigenvalue weighted by Gasteiger charge is 2.30. The first-order valence-corrected chi connectivity index (χ1v) is 8.99. The fourth-order valence-corrected chi connectivity index (χ4v) is 2.61. The largest absolute Gasteiger partial charge is 0.416 e. The first-order valence-electron chi connectivity index (χ1n) is 8.99. The molecule has 0 radical (unpaired) electrons. The van der Waals surface area contributed by atoms with E-state index < -0.39 is 23.7 Å². The van der Waals surface area contributed by atoms with Gasteiger partial charge in [-0.25, -0.2) is 0 Å². The lowest BCUT2D eigenvalue weighted by molar-refractivity contribution is -0.137. The van der Waals surface area contributed by atoms with Gasteiger partial charge in [0.05, 0.1) is 5.56 Å². The number of anilines is 1. The SMILES string of the molecule is CCc1ccc(C(=O)N[C@H](C(=O)Nc2ccc(C(F)(F)F)cc2)C(C)C)cc1. The van der Waals surface area contributed by atoms with Crippen LogP contribution in [0.15, 0.2) is 48.5 Å². The number of halogens is 3. The number of hydrogen-bond donors (Lipinski definition) is 2. The second-order valence-electron chi connectivity index (χ2n) is 6.81. The zero-order chi connectivity index (χ0) is 20.9. The number of carbonyl (C=O) groups is 2. The maximum absolute atomic E-state index is 12.6. The molecule has 150 valence electrons. The minimum Gasteiger partial charge on any atom is -0.340 e. The summed E-state index contributed by atoms with van der Waals surface area (Å²) >= 11 is 0. The molecule has 7 heteroatoms. The van der Waals surface area contributed by atoms with Gasteiger partial charge < -0.3 is 10.6 Å². The Morgan fingerprint density at radius 3 is 2.00 bits per heavy atom. The van der Waals surface area contributed by atoms with Crippen LogP contribution in [-0.2, 0) is 17.4 Å². The second-order valence-corrected chi connectivity index (χ2v) is 6.81. The standard InChI is InChI=1S/C21H23F3N2O2/c1-4-14-5-7-15(8-6-14)19(27)26-18(13(2)3)20(28)25-17-11-9-16(10-12-17)21(22,23)24/h5-13,18H,4H2,1-3H3,(H,25,28)(H,26,27)/t18-/m0/s1. The number of benzene rings is 2. The van der Waals surface area contributed by atoms with Crippen molar-refractivity contribution in [2.24, 2.45) is 5.92 Å². The van der Waals surface area contributed by atoms with Crippen molar-refractivity contribution < 1.29 is 22.8 Å². The number of carbonyl (C=O) groups excluding carboxylic acids is 2. The van der Waals surface area contributed by atoms with Crippen molar-refractivity contribution in [3.05, 3.63) is 65.2 Å². The molecule has 4 nitrogen and oxygen atoms in total. The first-order chi connectivity index (χ1) is 13.1. The van der Waals surface area contributed by atoms with Crippen LogP contribution in [0.3, 0.4) is 0 Å². The predicted molar refractivity (Wildman–Crippen MR) is 102 cm³/mol. The molecule has 1 atom stereocenters.